The molecule has 1 N–H and O–H groups in total. The second-order valence-corrected chi connectivity index (χ2v) is 7.28. The zero-order chi connectivity index (χ0) is 21.3. The maximum atomic E-state index is 12.4. The molecule has 0 radical (unpaired) electrons. The molecular formula is C24H27NO5. The minimum atomic E-state index is -0.567. The molecule has 0 unspecified atom stereocenters. The van der Waals surface area contributed by atoms with E-state index in [0.29, 0.717) is 23.6 Å². The highest BCUT2D eigenvalue weighted by Gasteiger charge is 2.15. The molecule has 3 rings (SSSR count). The Bertz CT molecular complexity index is 904. The lowest BCUT2D eigenvalue weighted by molar-refractivity contribution is -0.147. The number of rotatable bonds is 9. The van der Waals surface area contributed by atoms with Gasteiger partial charge in [-0.1, -0.05) is 12.1 Å². The summed E-state index contributed by atoms with van der Waals surface area (Å²) in [6.07, 6.45) is 4.43. The van der Waals surface area contributed by atoms with Crippen molar-refractivity contribution in [2.75, 3.05) is 18.5 Å². The molecule has 0 fully saturated rings. The number of hydrogen-bond donors (Lipinski definition) is 1. The predicted molar refractivity (Wildman–Crippen MR) is 114 cm³/mol. The van der Waals surface area contributed by atoms with Gasteiger partial charge in [-0.3, -0.25) is 14.4 Å². The van der Waals surface area contributed by atoms with Gasteiger partial charge in [-0.25, -0.2) is 0 Å². The Morgan fingerprint density at radius 1 is 0.933 bits per heavy atom. The Morgan fingerprint density at radius 2 is 1.67 bits per heavy atom. The van der Waals surface area contributed by atoms with Crippen LogP contribution in [0.1, 0.15) is 54.1 Å². The fraction of sp³-hybridized carbons (Fsp3) is 0.375. The van der Waals surface area contributed by atoms with E-state index < -0.39 is 11.9 Å². The maximum absolute atomic E-state index is 12.4. The molecule has 0 atom stereocenters. The molecule has 0 aromatic heterocycles. The number of carbonyl (C=O) groups excluding carboxylic acids is 3. The summed E-state index contributed by atoms with van der Waals surface area (Å²) in [6.45, 7) is 2.07. The van der Waals surface area contributed by atoms with E-state index in [0.717, 1.165) is 19.3 Å². The number of ketones is 1. The number of benzene rings is 2. The van der Waals surface area contributed by atoms with Crippen molar-refractivity contribution in [1.82, 2.24) is 0 Å². The number of fused-ring (bicyclic) bond motifs is 1. The highest BCUT2D eigenvalue weighted by atomic mass is 16.5. The van der Waals surface area contributed by atoms with Crippen LogP contribution < -0.4 is 10.1 Å². The van der Waals surface area contributed by atoms with Crippen LogP contribution >= 0.6 is 0 Å². The average molecular weight is 409 g/mol. The van der Waals surface area contributed by atoms with E-state index in [1.807, 2.05) is 25.1 Å². The molecular weight excluding hydrogens is 382 g/mol. The summed E-state index contributed by atoms with van der Waals surface area (Å²) in [5.74, 6) is -0.374. The van der Waals surface area contributed by atoms with E-state index in [2.05, 4.69) is 5.32 Å². The summed E-state index contributed by atoms with van der Waals surface area (Å²) in [7, 11) is 0. The van der Waals surface area contributed by atoms with Crippen LogP contribution in [0.5, 0.6) is 5.75 Å². The summed E-state index contributed by atoms with van der Waals surface area (Å²) < 4.78 is 10.3. The first-order valence-corrected chi connectivity index (χ1v) is 10.4. The molecule has 0 aliphatic heterocycles. The second kappa shape index (κ2) is 10.6. The Hall–Kier alpha value is -3.15. The van der Waals surface area contributed by atoms with Crippen LogP contribution in [0, 0.1) is 0 Å². The van der Waals surface area contributed by atoms with Crippen LogP contribution in [0.4, 0.5) is 5.69 Å². The Labute approximate surface area is 176 Å². The van der Waals surface area contributed by atoms with E-state index >= 15 is 0 Å². The van der Waals surface area contributed by atoms with Crippen molar-refractivity contribution in [1.29, 1.82) is 0 Å². The Balaban J connectivity index is 1.40. The third-order valence-corrected chi connectivity index (χ3v) is 5.04. The number of nitrogens with one attached hydrogen (secondary N) is 1. The van der Waals surface area contributed by atoms with Gasteiger partial charge >= 0.3 is 5.97 Å². The highest BCUT2D eigenvalue weighted by molar-refractivity contribution is 5.98. The topological polar surface area (TPSA) is 81.7 Å². The minimum Gasteiger partial charge on any atom is -0.494 e. The molecule has 30 heavy (non-hydrogen) atoms. The molecule has 2 aromatic rings. The van der Waals surface area contributed by atoms with Crippen LogP contribution in [0.25, 0.3) is 0 Å². The van der Waals surface area contributed by atoms with Crippen molar-refractivity contribution < 1.29 is 23.9 Å². The molecule has 0 spiro atoms. The summed E-state index contributed by atoms with van der Waals surface area (Å²) >= 11 is 0. The first kappa shape index (κ1) is 21.6. The Kier molecular flexibility index (Phi) is 7.60. The molecule has 6 nitrogen and oxygen atoms in total. The minimum absolute atomic E-state index is 0.0494. The molecule has 0 heterocycles. The van der Waals surface area contributed by atoms with Gasteiger partial charge in [0.05, 0.1) is 13.0 Å². The number of carbonyl (C=O) groups is 3. The van der Waals surface area contributed by atoms with Gasteiger partial charge in [0.1, 0.15) is 5.75 Å². The van der Waals surface area contributed by atoms with E-state index in [-0.39, 0.29) is 25.2 Å². The van der Waals surface area contributed by atoms with Crippen LogP contribution in [0.15, 0.2) is 42.5 Å². The number of anilines is 1. The number of Topliss-reactive ketones (excluding diaryl/α,β-unsaturated/α-hetero) is 1. The van der Waals surface area contributed by atoms with Gasteiger partial charge in [-0.2, -0.15) is 0 Å². The van der Waals surface area contributed by atoms with Crippen molar-refractivity contribution in [3.05, 3.63) is 59.2 Å². The summed E-state index contributed by atoms with van der Waals surface area (Å²) in [6, 6.07) is 12.7. The van der Waals surface area contributed by atoms with E-state index in [1.54, 1.807) is 24.3 Å². The molecule has 0 saturated heterocycles. The largest absolute Gasteiger partial charge is 0.494 e. The van der Waals surface area contributed by atoms with Gasteiger partial charge in [0.15, 0.2) is 12.4 Å². The number of ether oxygens (including phenoxy) is 2. The number of amides is 1. The zero-order valence-corrected chi connectivity index (χ0v) is 17.2. The molecule has 158 valence electrons. The third-order valence-electron chi connectivity index (χ3n) is 5.04. The standard InChI is InChI=1S/C24H27NO5/c1-2-29-21-11-9-20(10-12-21)25-23(27)16-30-24(28)14-13-22(26)19-8-7-17-5-3-4-6-18(17)15-19/h7-12,15H,2-6,13-14,16H2,1H3,(H,25,27). The van der Waals surface area contributed by atoms with Crippen molar-refractivity contribution in [2.45, 2.75) is 45.4 Å². The van der Waals surface area contributed by atoms with Crippen LogP contribution in [0.3, 0.4) is 0 Å². The van der Waals surface area contributed by atoms with Gasteiger partial charge in [0.2, 0.25) is 0 Å². The zero-order valence-electron chi connectivity index (χ0n) is 17.2. The lowest BCUT2D eigenvalue weighted by atomic mass is 9.89. The SMILES string of the molecule is CCOc1ccc(NC(=O)COC(=O)CCC(=O)c2ccc3c(c2)CCCC3)cc1. The Morgan fingerprint density at radius 3 is 2.40 bits per heavy atom. The van der Waals surface area contributed by atoms with Gasteiger partial charge in [-0.05, 0) is 74.1 Å². The fourth-order valence-corrected chi connectivity index (χ4v) is 3.48. The smallest absolute Gasteiger partial charge is 0.306 e. The number of aryl methyl sites for hydroxylation is 2. The number of hydrogen-bond acceptors (Lipinski definition) is 5. The van der Waals surface area contributed by atoms with Crippen LogP contribution in [-0.2, 0) is 27.2 Å². The molecule has 1 aliphatic carbocycles. The lowest BCUT2D eigenvalue weighted by Crippen LogP contribution is -2.21. The predicted octanol–water partition coefficient (Wildman–Crippen LogP) is 4.11. The maximum Gasteiger partial charge on any atom is 0.306 e. The van der Waals surface area contributed by atoms with Gasteiger partial charge in [0, 0.05) is 17.7 Å². The van der Waals surface area contributed by atoms with E-state index in [9.17, 15) is 14.4 Å². The highest BCUT2D eigenvalue weighted by Crippen LogP contribution is 2.23. The summed E-state index contributed by atoms with van der Waals surface area (Å²) in [5, 5.41) is 2.65. The van der Waals surface area contributed by atoms with Crippen molar-refractivity contribution >= 4 is 23.3 Å². The normalized spacial score (nSPS) is 12.6. The third kappa shape index (κ3) is 6.17. The molecule has 0 saturated carbocycles. The molecule has 1 amide bonds. The van der Waals surface area contributed by atoms with Gasteiger partial charge in [-0.15, -0.1) is 0 Å². The van der Waals surface area contributed by atoms with Gasteiger partial charge < -0.3 is 14.8 Å². The number of esters is 1. The van der Waals surface area contributed by atoms with E-state index in [4.69, 9.17) is 9.47 Å². The first-order chi connectivity index (χ1) is 14.5. The molecule has 0 bridgehead atoms. The molecule has 6 heteroatoms. The fourth-order valence-electron chi connectivity index (χ4n) is 3.48. The van der Waals surface area contributed by atoms with E-state index in [1.165, 1.54) is 17.5 Å². The average Bonchev–Trinajstić information content (AvgIpc) is 2.77. The monoisotopic (exact) mass is 409 g/mol. The van der Waals surface area contributed by atoms with Crippen molar-refractivity contribution in [3.63, 3.8) is 0 Å². The summed E-state index contributed by atoms with van der Waals surface area (Å²) in [4.78, 5) is 36.2. The lowest BCUT2D eigenvalue weighted by Gasteiger charge is -2.16. The van der Waals surface area contributed by atoms with Crippen molar-refractivity contribution in [2.24, 2.45) is 0 Å². The summed E-state index contributed by atoms with van der Waals surface area (Å²) in [5.41, 5.74) is 3.77. The second-order valence-electron chi connectivity index (χ2n) is 7.28. The van der Waals surface area contributed by atoms with Gasteiger partial charge in [0.25, 0.3) is 5.91 Å². The van der Waals surface area contributed by atoms with Crippen LogP contribution in [-0.4, -0.2) is 30.9 Å². The molecule has 2 aromatic carbocycles. The first-order valence-electron chi connectivity index (χ1n) is 10.4. The molecule has 1 aliphatic rings. The van der Waals surface area contributed by atoms with Crippen LogP contribution in [0.2, 0.25) is 0 Å². The van der Waals surface area contributed by atoms with Crippen molar-refractivity contribution in [3.8, 4) is 5.75 Å². The quantitative estimate of drug-likeness (QED) is 0.498.